The Kier molecular flexibility index (Phi) is 1.95. The van der Waals surface area contributed by atoms with Gasteiger partial charge in [0.25, 0.3) is 0 Å². The molecule has 21 heavy (non-hydrogen) atoms. The molecule has 0 bridgehead atoms. The average Bonchev–Trinajstić information content (AvgIpc) is 2.93. The molecule has 3 heteroatoms. The molecule has 0 N–H and O–H groups in total. The van der Waals surface area contributed by atoms with Crippen LogP contribution in [0, 0.1) is 0 Å². The molecule has 0 amide bonds. The van der Waals surface area contributed by atoms with E-state index >= 15 is 0 Å². The van der Waals surface area contributed by atoms with Crippen LogP contribution in [0.25, 0.3) is 38.5 Å². The van der Waals surface area contributed by atoms with Gasteiger partial charge >= 0.3 is 0 Å². The van der Waals surface area contributed by atoms with Gasteiger partial charge in [-0.15, -0.1) is 0 Å². The molecule has 0 unspecified atom stereocenters. The highest BCUT2D eigenvalue weighted by atomic mass is 15.0. The number of pyridine rings is 2. The third-order valence-electron chi connectivity index (χ3n) is 4.00. The molecular weight excluding hydrogens is 258 g/mol. The number of hydrogen-bond acceptors (Lipinski definition) is 2. The van der Waals surface area contributed by atoms with Gasteiger partial charge in [-0.25, -0.2) is 4.98 Å². The molecule has 0 radical (unpaired) electrons. The second-order valence-corrected chi connectivity index (χ2v) is 5.21. The summed E-state index contributed by atoms with van der Waals surface area (Å²) in [4.78, 5) is 9.26. The number of para-hydroxylation sites is 3. The number of aromatic nitrogens is 3. The van der Waals surface area contributed by atoms with Crippen molar-refractivity contribution in [3.05, 3.63) is 66.9 Å². The van der Waals surface area contributed by atoms with E-state index in [1.807, 2.05) is 24.4 Å². The molecule has 5 aromatic rings. The molecule has 0 aliphatic rings. The molecule has 3 nitrogen and oxygen atoms in total. The largest absolute Gasteiger partial charge is 0.291 e. The zero-order valence-electron chi connectivity index (χ0n) is 11.2. The fourth-order valence-electron chi connectivity index (χ4n) is 3.07. The smallest absolute Gasteiger partial charge is 0.138 e. The summed E-state index contributed by atoms with van der Waals surface area (Å²) >= 11 is 0. The highest BCUT2D eigenvalue weighted by Gasteiger charge is 2.10. The second-order valence-electron chi connectivity index (χ2n) is 5.21. The standard InChI is InChI=1S/C18H11N3/c1-2-6-14-13(5-1)18-12(11-19-14)9-10-17-20-15-7-3-4-8-16(15)21(17)18/h1-11H. The number of nitrogens with zero attached hydrogens (tertiary/aromatic N) is 3. The van der Waals surface area contributed by atoms with Gasteiger partial charge in [-0.1, -0.05) is 30.3 Å². The van der Waals surface area contributed by atoms with Crippen LogP contribution in [0.3, 0.4) is 0 Å². The molecule has 0 fully saturated rings. The van der Waals surface area contributed by atoms with Crippen LogP contribution in [0.5, 0.6) is 0 Å². The molecule has 0 atom stereocenters. The first-order chi connectivity index (χ1) is 10.4. The van der Waals surface area contributed by atoms with Crippen LogP contribution in [0.2, 0.25) is 0 Å². The first-order valence-electron chi connectivity index (χ1n) is 6.95. The van der Waals surface area contributed by atoms with Gasteiger partial charge in [-0.05, 0) is 30.3 Å². The molecule has 0 aliphatic carbocycles. The van der Waals surface area contributed by atoms with E-state index in [4.69, 9.17) is 4.98 Å². The highest BCUT2D eigenvalue weighted by molar-refractivity contribution is 6.06. The van der Waals surface area contributed by atoms with Crippen LogP contribution in [-0.2, 0) is 0 Å². The lowest BCUT2D eigenvalue weighted by molar-refractivity contribution is 1.29. The molecule has 0 spiro atoms. The van der Waals surface area contributed by atoms with Gasteiger partial charge in [0.2, 0.25) is 0 Å². The lowest BCUT2D eigenvalue weighted by Gasteiger charge is -2.06. The van der Waals surface area contributed by atoms with Gasteiger partial charge in [0.15, 0.2) is 0 Å². The van der Waals surface area contributed by atoms with Crippen molar-refractivity contribution in [1.82, 2.24) is 14.4 Å². The van der Waals surface area contributed by atoms with Gasteiger partial charge in [0.1, 0.15) is 5.65 Å². The van der Waals surface area contributed by atoms with Crippen LogP contribution in [-0.4, -0.2) is 14.4 Å². The normalized spacial score (nSPS) is 11.8. The Labute approximate surface area is 120 Å². The van der Waals surface area contributed by atoms with Crippen molar-refractivity contribution in [3.8, 4) is 0 Å². The van der Waals surface area contributed by atoms with E-state index in [1.54, 1.807) is 0 Å². The van der Waals surface area contributed by atoms with E-state index in [0.717, 1.165) is 33.0 Å². The Bertz CT molecular complexity index is 1140. The quantitative estimate of drug-likeness (QED) is 0.395. The summed E-state index contributed by atoms with van der Waals surface area (Å²) in [6, 6.07) is 20.6. The summed E-state index contributed by atoms with van der Waals surface area (Å²) in [5.41, 5.74) is 5.31. The number of imidazole rings is 1. The molecule has 3 heterocycles. The summed E-state index contributed by atoms with van der Waals surface area (Å²) < 4.78 is 2.23. The third-order valence-corrected chi connectivity index (χ3v) is 4.00. The number of benzene rings is 2. The molecule has 0 saturated carbocycles. The second kappa shape index (κ2) is 3.79. The first kappa shape index (κ1) is 10.8. The minimum Gasteiger partial charge on any atom is -0.291 e. The maximum absolute atomic E-state index is 4.71. The topological polar surface area (TPSA) is 30.2 Å². The molecular formula is C18H11N3. The van der Waals surface area contributed by atoms with Crippen molar-refractivity contribution in [3.63, 3.8) is 0 Å². The van der Waals surface area contributed by atoms with Crippen molar-refractivity contribution < 1.29 is 0 Å². The predicted molar refractivity (Wildman–Crippen MR) is 85.5 cm³/mol. The number of fused-ring (bicyclic) bond motifs is 7. The minimum atomic E-state index is 0.972. The van der Waals surface area contributed by atoms with Crippen LogP contribution in [0.1, 0.15) is 0 Å². The van der Waals surface area contributed by atoms with Gasteiger partial charge in [-0.3, -0.25) is 9.38 Å². The zero-order valence-corrected chi connectivity index (χ0v) is 11.2. The summed E-state index contributed by atoms with van der Waals surface area (Å²) in [6.45, 7) is 0. The maximum Gasteiger partial charge on any atom is 0.138 e. The fourth-order valence-corrected chi connectivity index (χ4v) is 3.07. The Morgan fingerprint density at radius 1 is 0.762 bits per heavy atom. The van der Waals surface area contributed by atoms with Crippen molar-refractivity contribution in [2.24, 2.45) is 0 Å². The van der Waals surface area contributed by atoms with Crippen LogP contribution in [0.15, 0.2) is 66.9 Å². The van der Waals surface area contributed by atoms with E-state index in [9.17, 15) is 0 Å². The minimum absolute atomic E-state index is 0.972. The van der Waals surface area contributed by atoms with Crippen LogP contribution >= 0.6 is 0 Å². The lowest BCUT2D eigenvalue weighted by Crippen LogP contribution is -1.91. The summed E-state index contributed by atoms with van der Waals surface area (Å²) in [6.07, 6.45) is 1.94. The summed E-state index contributed by atoms with van der Waals surface area (Å²) in [5.74, 6) is 0. The zero-order chi connectivity index (χ0) is 13.8. The highest BCUT2D eigenvalue weighted by Crippen LogP contribution is 2.27. The van der Waals surface area contributed by atoms with E-state index in [2.05, 4.69) is 51.8 Å². The van der Waals surface area contributed by atoms with Crippen molar-refractivity contribution in [2.75, 3.05) is 0 Å². The Balaban J connectivity index is 2.19. The Morgan fingerprint density at radius 2 is 1.57 bits per heavy atom. The summed E-state index contributed by atoms with van der Waals surface area (Å²) in [5, 5.41) is 2.29. The Hall–Kier alpha value is -2.94. The fraction of sp³-hybridized carbons (Fsp3) is 0. The monoisotopic (exact) mass is 269 g/mol. The SMILES string of the molecule is c1ccc2c(c1)ncc1ccc3nc4ccccc4n3c12. The van der Waals surface area contributed by atoms with Crippen LogP contribution < -0.4 is 0 Å². The van der Waals surface area contributed by atoms with Gasteiger partial charge in [0.05, 0.1) is 22.1 Å². The molecule has 5 rings (SSSR count). The molecule has 2 aromatic carbocycles. The lowest BCUT2D eigenvalue weighted by atomic mass is 10.1. The van der Waals surface area contributed by atoms with Gasteiger partial charge < -0.3 is 0 Å². The third kappa shape index (κ3) is 1.37. The van der Waals surface area contributed by atoms with E-state index in [1.165, 1.54) is 5.52 Å². The van der Waals surface area contributed by atoms with Crippen molar-refractivity contribution in [1.29, 1.82) is 0 Å². The first-order valence-corrected chi connectivity index (χ1v) is 6.95. The van der Waals surface area contributed by atoms with E-state index < -0.39 is 0 Å². The van der Waals surface area contributed by atoms with Gasteiger partial charge in [-0.2, -0.15) is 0 Å². The average molecular weight is 269 g/mol. The maximum atomic E-state index is 4.71. The number of hydrogen-bond donors (Lipinski definition) is 0. The van der Waals surface area contributed by atoms with E-state index in [0.29, 0.717) is 0 Å². The predicted octanol–water partition coefficient (Wildman–Crippen LogP) is 4.19. The van der Waals surface area contributed by atoms with Crippen molar-refractivity contribution in [2.45, 2.75) is 0 Å². The number of rotatable bonds is 0. The molecule has 98 valence electrons. The molecule has 0 saturated heterocycles. The van der Waals surface area contributed by atoms with Crippen molar-refractivity contribution >= 4 is 38.5 Å². The van der Waals surface area contributed by atoms with Gasteiger partial charge in [0, 0.05) is 17.0 Å². The summed E-state index contributed by atoms with van der Waals surface area (Å²) in [7, 11) is 0. The Morgan fingerprint density at radius 3 is 2.52 bits per heavy atom. The van der Waals surface area contributed by atoms with Crippen LogP contribution in [0.4, 0.5) is 0 Å². The van der Waals surface area contributed by atoms with E-state index in [-0.39, 0.29) is 0 Å². The molecule has 0 aliphatic heterocycles. The molecule has 3 aromatic heterocycles.